The molecule has 1 fully saturated rings. The highest BCUT2D eigenvalue weighted by Crippen LogP contribution is 2.18. The van der Waals surface area contributed by atoms with Crippen molar-refractivity contribution >= 4 is 11.9 Å². The lowest BCUT2D eigenvalue weighted by atomic mass is 9.96. The number of carbonyl (C=O) groups excluding carboxylic acids is 2. The van der Waals surface area contributed by atoms with E-state index < -0.39 is 0 Å². The van der Waals surface area contributed by atoms with Gasteiger partial charge in [-0.3, -0.25) is 4.79 Å². The first-order chi connectivity index (χ1) is 12.6. The number of likely N-dealkylation sites (tertiary alicyclic amines) is 1. The molecular formula is C20H25N3O3. The highest BCUT2D eigenvalue weighted by Gasteiger charge is 2.27. The van der Waals surface area contributed by atoms with Crippen molar-refractivity contribution in [3.8, 4) is 0 Å². The number of hydrogen-bond donors (Lipinski definition) is 2. The molecule has 2 aromatic rings. The maximum absolute atomic E-state index is 12.4. The van der Waals surface area contributed by atoms with Crippen LogP contribution in [0.15, 0.2) is 47.1 Å². The van der Waals surface area contributed by atoms with Crippen molar-refractivity contribution in [1.29, 1.82) is 0 Å². The third-order valence-corrected chi connectivity index (χ3v) is 4.86. The molecule has 1 aliphatic heterocycles. The number of urea groups is 1. The Morgan fingerprint density at radius 3 is 2.54 bits per heavy atom. The minimum absolute atomic E-state index is 0.0341. The fraction of sp³-hybridized carbons (Fsp3) is 0.400. The van der Waals surface area contributed by atoms with Crippen molar-refractivity contribution in [2.24, 2.45) is 5.92 Å². The third-order valence-electron chi connectivity index (χ3n) is 4.86. The molecule has 0 radical (unpaired) electrons. The normalized spacial score (nSPS) is 14.9. The van der Waals surface area contributed by atoms with Crippen LogP contribution < -0.4 is 10.6 Å². The molecular weight excluding hydrogens is 330 g/mol. The van der Waals surface area contributed by atoms with Crippen LogP contribution in [-0.4, -0.2) is 29.9 Å². The number of nitrogens with zero attached hydrogens (tertiary/aromatic N) is 1. The summed E-state index contributed by atoms with van der Waals surface area (Å²) in [6, 6.07) is 11.6. The molecule has 0 saturated carbocycles. The summed E-state index contributed by atoms with van der Waals surface area (Å²) in [6.45, 7) is 4.15. The van der Waals surface area contributed by atoms with Crippen molar-refractivity contribution in [2.75, 3.05) is 13.1 Å². The van der Waals surface area contributed by atoms with Gasteiger partial charge in [0.15, 0.2) is 0 Å². The molecule has 0 aliphatic carbocycles. The van der Waals surface area contributed by atoms with Gasteiger partial charge in [0.05, 0.1) is 12.8 Å². The van der Waals surface area contributed by atoms with Crippen LogP contribution >= 0.6 is 0 Å². The lowest BCUT2D eigenvalue weighted by Gasteiger charge is -2.31. The number of furan rings is 1. The second-order valence-corrected chi connectivity index (χ2v) is 6.64. The van der Waals surface area contributed by atoms with Crippen LogP contribution in [0.1, 0.15) is 29.7 Å². The summed E-state index contributed by atoms with van der Waals surface area (Å²) in [6.07, 6.45) is 2.96. The number of aryl methyl sites for hydroxylation is 1. The summed E-state index contributed by atoms with van der Waals surface area (Å²) in [5.74, 6) is 0.765. The topological polar surface area (TPSA) is 74.6 Å². The second kappa shape index (κ2) is 8.56. The molecule has 3 rings (SSSR count). The molecule has 1 aromatic heterocycles. The van der Waals surface area contributed by atoms with E-state index in [1.54, 1.807) is 17.2 Å². The van der Waals surface area contributed by atoms with Crippen LogP contribution in [0.25, 0.3) is 0 Å². The second-order valence-electron chi connectivity index (χ2n) is 6.64. The molecule has 1 aliphatic rings. The molecule has 6 heteroatoms. The van der Waals surface area contributed by atoms with Gasteiger partial charge in [-0.1, -0.05) is 24.3 Å². The summed E-state index contributed by atoms with van der Waals surface area (Å²) >= 11 is 0. The SMILES string of the molecule is Cc1ccccc1CNC(=O)C1CCN(C(=O)NCc2ccco2)CC1. The van der Waals surface area contributed by atoms with E-state index in [-0.39, 0.29) is 17.9 Å². The van der Waals surface area contributed by atoms with E-state index >= 15 is 0 Å². The van der Waals surface area contributed by atoms with Gasteiger partial charge >= 0.3 is 6.03 Å². The van der Waals surface area contributed by atoms with E-state index in [9.17, 15) is 9.59 Å². The lowest BCUT2D eigenvalue weighted by Crippen LogP contribution is -2.46. The van der Waals surface area contributed by atoms with E-state index in [0.717, 1.165) is 11.3 Å². The lowest BCUT2D eigenvalue weighted by molar-refractivity contribution is -0.126. The average Bonchev–Trinajstić information content (AvgIpc) is 3.19. The molecule has 6 nitrogen and oxygen atoms in total. The standard InChI is InChI=1S/C20H25N3O3/c1-15-5-2-3-6-17(15)13-21-19(24)16-8-10-23(11-9-16)20(25)22-14-18-7-4-12-26-18/h2-7,12,16H,8-11,13-14H2,1H3,(H,21,24)(H,22,25). The van der Waals surface area contributed by atoms with Crippen LogP contribution in [0, 0.1) is 12.8 Å². The molecule has 3 amide bonds. The first-order valence-electron chi connectivity index (χ1n) is 9.01. The monoisotopic (exact) mass is 355 g/mol. The smallest absolute Gasteiger partial charge is 0.317 e. The Balaban J connectivity index is 1.40. The Morgan fingerprint density at radius 1 is 1.08 bits per heavy atom. The Labute approximate surface area is 153 Å². The fourth-order valence-corrected chi connectivity index (χ4v) is 3.17. The number of piperidine rings is 1. The van der Waals surface area contributed by atoms with Gasteiger partial charge in [0.2, 0.25) is 5.91 Å². The van der Waals surface area contributed by atoms with Crippen LogP contribution in [0.5, 0.6) is 0 Å². The molecule has 0 bridgehead atoms. The number of amides is 3. The number of hydrogen-bond acceptors (Lipinski definition) is 3. The van der Waals surface area contributed by atoms with Gasteiger partial charge in [0, 0.05) is 25.6 Å². The van der Waals surface area contributed by atoms with Gasteiger partial charge in [-0.05, 0) is 43.0 Å². The van der Waals surface area contributed by atoms with Crippen molar-refractivity contribution in [2.45, 2.75) is 32.9 Å². The van der Waals surface area contributed by atoms with E-state index in [1.165, 1.54) is 5.56 Å². The maximum atomic E-state index is 12.4. The number of rotatable bonds is 5. The van der Waals surface area contributed by atoms with Crippen molar-refractivity contribution in [3.63, 3.8) is 0 Å². The third kappa shape index (κ3) is 4.65. The summed E-state index contributed by atoms with van der Waals surface area (Å²) < 4.78 is 5.21. The van der Waals surface area contributed by atoms with E-state index in [4.69, 9.17) is 4.42 Å². The zero-order valence-electron chi connectivity index (χ0n) is 15.0. The number of benzene rings is 1. The molecule has 138 valence electrons. The summed E-state index contributed by atoms with van der Waals surface area (Å²) in [4.78, 5) is 26.3. The predicted octanol–water partition coefficient (Wildman–Crippen LogP) is 2.83. The highest BCUT2D eigenvalue weighted by molar-refractivity contribution is 5.79. The quantitative estimate of drug-likeness (QED) is 0.866. The summed E-state index contributed by atoms with van der Waals surface area (Å²) in [7, 11) is 0. The maximum Gasteiger partial charge on any atom is 0.317 e. The van der Waals surface area contributed by atoms with Crippen molar-refractivity contribution in [3.05, 3.63) is 59.5 Å². The molecule has 1 aromatic carbocycles. The average molecular weight is 355 g/mol. The molecule has 26 heavy (non-hydrogen) atoms. The Morgan fingerprint density at radius 2 is 1.85 bits per heavy atom. The molecule has 2 N–H and O–H groups in total. The van der Waals surface area contributed by atoms with Crippen molar-refractivity contribution in [1.82, 2.24) is 15.5 Å². The largest absolute Gasteiger partial charge is 0.467 e. The van der Waals surface area contributed by atoms with Crippen LogP contribution in [-0.2, 0) is 17.9 Å². The Bertz CT molecular complexity index is 735. The minimum atomic E-state index is -0.111. The molecule has 0 unspecified atom stereocenters. The van der Waals surface area contributed by atoms with E-state index in [1.807, 2.05) is 37.3 Å². The highest BCUT2D eigenvalue weighted by atomic mass is 16.3. The van der Waals surface area contributed by atoms with Gasteiger partial charge in [-0.25, -0.2) is 4.79 Å². The van der Waals surface area contributed by atoms with Gasteiger partial charge in [-0.2, -0.15) is 0 Å². The van der Waals surface area contributed by atoms with E-state index in [2.05, 4.69) is 10.6 Å². The van der Waals surface area contributed by atoms with Crippen molar-refractivity contribution < 1.29 is 14.0 Å². The predicted molar refractivity (Wildman–Crippen MR) is 98.3 cm³/mol. The number of nitrogens with one attached hydrogen (secondary N) is 2. The zero-order chi connectivity index (χ0) is 18.4. The zero-order valence-corrected chi connectivity index (χ0v) is 15.0. The Kier molecular flexibility index (Phi) is 5.94. The van der Waals surface area contributed by atoms with Gasteiger partial charge in [0.1, 0.15) is 5.76 Å². The Hall–Kier alpha value is -2.76. The van der Waals surface area contributed by atoms with Crippen LogP contribution in [0.3, 0.4) is 0 Å². The van der Waals surface area contributed by atoms with Crippen LogP contribution in [0.2, 0.25) is 0 Å². The first kappa shape index (κ1) is 18.0. The van der Waals surface area contributed by atoms with Crippen LogP contribution in [0.4, 0.5) is 4.79 Å². The number of carbonyl (C=O) groups is 2. The molecule has 1 saturated heterocycles. The van der Waals surface area contributed by atoms with Gasteiger partial charge < -0.3 is 20.0 Å². The summed E-state index contributed by atoms with van der Waals surface area (Å²) in [5.41, 5.74) is 2.31. The fourth-order valence-electron chi connectivity index (χ4n) is 3.17. The molecule has 0 atom stereocenters. The summed E-state index contributed by atoms with van der Waals surface area (Å²) in [5, 5.41) is 5.87. The molecule has 2 heterocycles. The van der Waals surface area contributed by atoms with E-state index in [0.29, 0.717) is 39.0 Å². The van der Waals surface area contributed by atoms with Gasteiger partial charge in [-0.15, -0.1) is 0 Å². The first-order valence-corrected chi connectivity index (χ1v) is 9.01. The minimum Gasteiger partial charge on any atom is -0.467 e. The van der Waals surface area contributed by atoms with Gasteiger partial charge in [0.25, 0.3) is 0 Å². The molecule has 0 spiro atoms.